The fraction of sp³-hybridized carbons (Fsp3) is 0.179. The van der Waals surface area contributed by atoms with Gasteiger partial charge >= 0.3 is 0 Å². The molecule has 1 unspecified atom stereocenters. The molecule has 0 aliphatic carbocycles. The van der Waals surface area contributed by atoms with Crippen LogP contribution in [-0.4, -0.2) is 35.2 Å². The number of amides is 1. The molecule has 1 saturated heterocycles. The molecule has 1 atom stereocenters. The molecule has 0 saturated carbocycles. The predicted molar refractivity (Wildman–Crippen MR) is 149 cm³/mol. The van der Waals surface area contributed by atoms with Crippen LogP contribution in [0.1, 0.15) is 29.2 Å². The zero-order chi connectivity index (χ0) is 25.2. The zero-order valence-corrected chi connectivity index (χ0v) is 21.8. The number of hydrogen-bond donors (Lipinski definition) is 0. The number of benzene rings is 3. The third kappa shape index (κ3) is 4.74. The van der Waals surface area contributed by atoms with Crippen molar-refractivity contribution in [2.24, 2.45) is 5.10 Å². The number of carbonyl (C=O) groups excluding carboxylic acids is 1. The van der Waals surface area contributed by atoms with E-state index in [1.807, 2.05) is 90.9 Å². The molecule has 0 spiro atoms. The number of hydrazone groups is 1. The quantitative estimate of drug-likeness (QED) is 0.293. The first-order valence-corrected chi connectivity index (χ1v) is 12.7. The Labute approximate surface area is 220 Å². The van der Waals surface area contributed by atoms with Crippen molar-refractivity contribution in [1.29, 1.82) is 0 Å². The molecule has 182 valence electrons. The van der Waals surface area contributed by atoms with E-state index >= 15 is 0 Å². The largest absolute Gasteiger partial charge is 0.497 e. The lowest BCUT2D eigenvalue weighted by molar-refractivity contribution is -0.113. The molecule has 8 heteroatoms. The molecular formula is C28H25N3O3S2. The van der Waals surface area contributed by atoms with E-state index in [0.717, 1.165) is 39.6 Å². The van der Waals surface area contributed by atoms with Gasteiger partial charge in [0.1, 0.15) is 11.5 Å². The van der Waals surface area contributed by atoms with E-state index in [0.29, 0.717) is 15.6 Å². The van der Waals surface area contributed by atoms with Crippen molar-refractivity contribution in [3.63, 3.8) is 0 Å². The number of anilines is 1. The molecule has 1 fully saturated rings. The Balaban J connectivity index is 1.48. The summed E-state index contributed by atoms with van der Waals surface area (Å²) in [5.41, 5.74) is 4.91. The van der Waals surface area contributed by atoms with Gasteiger partial charge in [0.25, 0.3) is 5.91 Å². The number of methoxy groups -OCH3 is 2. The highest BCUT2D eigenvalue weighted by atomic mass is 32.2. The van der Waals surface area contributed by atoms with Gasteiger partial charge in [0.15, 0.2) is 4.32 Å². The lowest BCUT2D eigenvalue weighted by atomic mass is 9.98. The standard InChI is InChI=1S/C28H25N3O3S2/c1-18-4-10-21(11-5-18)31-27(32)26(36-28(31)35)17-30-25(20-8-14-23(34-3)15-9-20)16-24(29-30)19-6-12-22(33-2)13-7-19/h4-15,17,25H,16H2,1-3H3/b26-17-. The first-order valence-electron chi connectivity index (χ1n) is 11.5. The molecule has 5 rings (SSSR count). The Morgan fingerprint density at radius 2 is 1.56 bits per heavy atom. The summed E-state index contributed by atoms with van der Waals surface area (Å²) < 4.78 is 11.1. The van der Waals surface area contributed by atoms with E-state index in [4.69, 9.17) is 26.8 Å². The van der Waals surface area contributed by atoms with Crippen LogP contribution in [-0.2, 0) is 4.79 Å². The summed E-state index contributed by atoms with van der Waals surface area (Å²) in [7, 11) is 3.30. The van der Waals surface area contributed by atoms with Gasteiger partial charge in [0, 0.05) is 12.6 Å². The number of thiocarbonyl (C=S) groups is 1. The Hall–Kier alpha value is -3.62. The molecular weight excluding hydrogens is 490 g/mol. The summed E-state index contributed by atoms with van der Waals surface area (Å²) in [5, 5.41) is 6.80. The first-order chi connectivity index (χ1) is 17.5. The Morgan fingerprint density at radius 1 is 0.944 bits per heavy atom. The maximum atomic E-state index is 13.4. The van der Waals surface area contributed by atoms with E-state index in [2.05, 4.69) is 0 Å². The molecule has 2 aliphatic rings. The molecule has 6 nitrogen and oxygen atoms in total. The minimum Gasteiger partial charge on any atom is -0.497 e. The second-order valence-electron chi connectivity index (χ2n) is 8.49. The Kier molecular flexibility index (Phi) is 6.80. The summed E-state index contributed by atoms with van der Waals surface area (Å²) in [5.74, 6) is 1.44. The van der Waals surface area contributed by atoms with Gasteiger partial charge in [-0.05, 0) is 66.6 Å². The van der Waals surface area contributed by atoms with Crippen molar-refractivity contribution in [2.75, 3.05) is 19.1 Å². The smallest absolute Gasteiger partial charge is 0.272 e. The molecule has 0 N–H and O–H groups in total. The topological polar surface area (TPSA) is 54.4 Å². The number of aryl methyl sites for hydroxylation is 1. The molecule has 2 aliphatic heterocycles. The van der Waals surface area contributed by atoms with Gasteiger partial charge in [-0.3, -0.25) is 14.7 Å². The highest BCUT2D eigenvalue weighted by Gasteiger charge is 2.36. The SMILES string of the molecule is COc1ccc(C2=NN(/C=C3\SC(=S)N(c4ccc(C)cc4)C3=O)C(c3ccc(OC)cc3)C2)cc1. The van der Waals surface area contributed by atoms with Crippen LogP contribution in [0.2, 0.25) is 0 Å². The molecule has 1 amide bonds. The predicted octanol–water partition coefficient (Wildman–Crippen LogP) is 6.07. The second kappa shape index (κ2) is 10.2. The van der Waals surface area contributed by atoms with Crippen LogP contribution in [0, 0.1) is 6.92 Å². The lowest BCUT2D eigenvalue weighted by Gasteiger charge is -2.21. The number of carbonyl (C=O) groups is 1. The third-order valence-corrected chi connectivity index (χ3v) is 7.49. The van der Waals surface area contributed by atoms with Crippen LogP contribution in [0.4, 0.5) is 5.69 Å². The summed E-state index contributed by atoms with van der Waals surface area (Å²) in [6, 6.07) is 23.5. The van der Waals surface area contributed by atoms with Gasteiger partial charge in [-0.15, -0.1) is 0 Å². The van der Waals surface area contributed by atoms with Crippen LogP contribution in [0.15, 0.2) is 89.0 Å². The fourth-order valence-corrected chi connectivity index (χ4v) is 5.46. The van der Waals surface area contributed by atoms with Gasteiger partial charge in [-0.1, -0.05) is 53.8 Å². The zero-order valence-electron chi connectivity index (χ0n) is 20.2. The highest BCUT2D eigenvalue weighted by Crippen LogP contribution is 2.39. The van der Waals surface area contributed by atoms with Crippen molar-refractivity contribution in [3.05, 3.63) is 101 Å². The summed E-state index contributed by atoms with van der Waals surface area (Å²) in [6.45, 7) is 2.01. The van der Waals surface area contributed by atoms with E-state index < -0.39 is 0 Å². The number of hydrogen-bond acceptors (Lipinski definition) is 7. The monoisotopic (exact) mass is 515 g/mol. The molecule has 2 heterocycles. The van der Waals surface area contributed by atoms with E-state index in [9.17, 15) is 4.79 Å². The normalized spacial score (nSPS) is 18.7. The summed E-state index contributed by atoms with van der Waals surface area (Å²) in [4.78, 5) is 15.5. The number of thioether (sulfide) groups is 1. The Morgan fingerprint density at radius 3 is 2.17 bits per heavy atom. The Bertz CT molecular complexity index is 1350. The average Bonchev–Trinajstić information content (AvgIpc) is 3.45. The molecule has 0 radical (unpaired) electrons. The first kappa shape index (κ1) is 24.1. The van der Waals surface area contributed by atoms with Gasteiger partial charge in [0.05, 0.1) is 36.6 Å². The third-order valence-electron chi connectivity index (χ3n) is 6.20. The average molecular weight is 516 g/mol. The van der Waals surface area contributed by atoms with E-state index in [1.165, 1.54) is 11.8 Å². The fourth-order valence-electron chi connectivity index (χ4n) is 4.20. The number of nitrogens with zero attached hydrogens (tertiary/aromatic N) is 3. The molecule has 3 aromatic carbocycles. The number of ether oxygens (including phenoxy) is 2. The van der Waals surface area contributed by atoms with Crippen LogP contribution in [0.25, 0.3) is 0 Å². The minimum absolute atomic E-state index is 0.0732. The summed E-state index contributed by atoms with van der Waals surface area (Å²) >= 11 is 6.87. The van der Waals surface area contributed by atoms with E-state index in [1.54, 1.807) is 19.1 Å². The van der Waals surface area contributed by atoms with Crippen LogP contribution >= 0.6 is 24.0 Å². The van der Waals surface area contributed by atoms with Crippen molar-refractivity contribution in [2.45, 2.75) is 19.4 Å². The van der Waals surface area contributed by atoms with Crippen LogP contribution < -0.4 is 14.4 Å². The van der Waals surface area contributed by atoms with Crippen LogP contribution in [0.3, 0.4) is 0 Å². The van der Waals surface area contributed by atoms with Crippen molar-refractivity contribution in [3.8, 4) is 11.5 Å². The molecule has 3 aromatic rings. The van der Waals surface area contributed by atoms with Crippen LogP contribution in [0.5, 0.6) is 11.5 Å². The number of rotatable bonds is 6. The molecule has 36 heavy (non-hydrogen) atoms. The molecule has 0 aromatic heterocycles. The second-order valence-corrected chi connectivity index (χ2v) is 10.2. The van der Waals surface area contributed by atoms with Gasteiger partial charge in [0.2, 0.25) is 0 Å². The van der Waals surface area contributed by atoms with Crippen molar-refractivity contribution in [1.82, 2.24) is 5.01 Å². The maximum absolute atomic E-state index is 13.4. The maximum Gasteiger partial charge on any atom is 0.272 e. The van der Waals surface area contributed by atoms with Crippen molar-refractivity contribution < 1.29 is 14.3 Å². The van der Waals surface area contributed by atoms with Gasteiger partial charge in [-0.25, -0.2) is 0 Å². The lowest BCUT2D eigenvalue weighted by Crippen LogP contribution is -2.27. The molecule has 0 bridgehead atoms. The highest BCUT2D eigenvalue weighted by molar-refractivity contribution is 8.27. The van der Waals surface area contributed by atoms with Crippen molar-refractivity contribution >= 4 is 45.6 Å². The van der Waals surface area contributed by atoms with Gasteiger partial charge in [-0.2, -0.15) is 5.10 Å². The minimum atomic E-state index is -0.143. The summed E-state index contributed by atoms with van der Waals surface area (Å²) in [6.07, 6.45) is 2.51. The van der Waals surface area contributed by atoms with Gasteiger partial charge < -0.3 is 9.47 Å². The van der Waals surface area contributed by atoms with E-state index in [-0.39, 0.29) is 11.9 Å².